The highest BCUT2D eigenvalue weighted by Gasteiger charge is 2.49. The van der Waals surface area contributed by atoms with Gasteiger partial charge in [0.15, 0.2) is 0 Å². The van der Waals surface area contributed by atoms with E-state index in [9.17, 15) is 14.7 Å². The molecule has 0 spiro atoms. The van der Waals surface area contributed by atoms with E-state index >= 15 is 0 Å². The Bertz CT molecular complexity index is 894. The van der Waals surface area contributed by atoms with Crippen LogP contribution < -0.4 is 0 Å². The second-order valence-corrected chi connectivity index (χ2v) is 8.19. The number of aliphatic hydroxyl groups is 1. The van der Waals surface area contributed by atoms with Crippen LogP contribution in [0.2, 0.25) is 0 Å². The average molecular weight is 409 g/mol. The van der Waals surface area contributed by atoms with Crippen LogP contribution in [0.5, 0.6) is 0 Å². The lowest BCUT2D eigenvalue weighted by molar-refractivity contribution is -0.0606. The normalized spacial score (nSPS) is 23.7. The molecule has 2 aromatic carbocycles. The van der Waals surface area contributed by atoms with Crippen molar-refractivity contribution in [3.05, 3.63) is 71.3 Å². The highest BCUT2D eigenvalue weighted by molar-refractivity contribution is 5.89. The molecule has 2 atom stereocenters. The maximum Gasteiger partial charge on any atom is 0.410 e. The van der Waals surface area contributed by atoms with Crippen LogP contribution in [0.4, 0.5) is 4.79 Å². The van der Waals surface area contributed by atoms with E-state index in [1.165, 1.54) is 7.11 Å². The molecular formula is C24H27NO5. The molecule has 2 aromatic rings. The van der Waals surface area contributed by atoms with Crippen molar-refractivity contribution < 1.29 is 24.2 Å². The smallest absolute Gasteiger partial charge is 0.410 e. The molecule has 30 heavy (non-hydrogen) atoms. The first kappa shape index (κ1) is 20.4. The second kappa shape index (κ2) is 8.48. The molecule has 1 saturated heterocycles. The average Bonchev–Trinajstić information content (AvgIpc) is 3.64. The van der Waals surface area contributed by atoms with E-state index in [1.54, 1.807) is 17.0 Å². The summed E-state index contributed by atoms with van der Waals surface area (Å²) in [4.78, 5) is 26.4. The molecule has 0 unspecified atom stereocenters. The van der Waals surface area contributed by atoms with Crippen molar-refractivity contribution in [3.63, 3.8) is 0 Å². The number of carbonyl (C=O) groups excluding carboxylic acids is 2. The number of hydrogen-bond acceptors (Lipinski definition) is 5. The Morgan fingerprint density at radius 1 is 1.10 bits per heavy atom. The monoisotopic (exact) mass is 409 g/mol. The van der Waals surface area contributed by atoms with E-state index in [0.29, 0.717) is 30.9 Å². The fourth-order valence-electron chi connectivity index (χ4n) is 4.29. The van der Waals surface area contributed by atoms with Gasteiger partial charge in [-0.15, -0.1) is 0 Å². The van der Waals surface area contributed by atoms with Crippen molar-refractivity contribution >= 4 is 12.1 Å². The summed E-state index contributed by atoms with van der Waals surface area (Å²) in [5, 5.41) is 11.2. The standard InChI is InChI=1S/C24H27NO5/c1-29-22(26)19-9-7-18(8-10-19)21-15-24(28,20-11-12-20)13-14-25(21)23(27)30-16-17-5-3-2-4-6-17/h2-10,20-21,28H,11-16H2,1H3/t21-,24+/m0/s1. The zero-order valence-corrected chi connectivity index (χ0v) is 17.1. The van der Waals surface area contributed by atoms with Gasteiger partial charge >= 0.3 is 12.1 Å². The van der Waals surface area contributed by atoms with Crippen molar-refractivity contribution in [2.45, 2.75) is 43.9 Å². The summed E-state index contributed by atoms with van der Waals surface area (Å²) >= 11 is 0. The molecule has 1 aliphatic carbocycles. The number of piperidine rings is 1. The van der Waals surface area contributed by atoms with E-state index in [0.717, 1.165) is 24.0 Å². The number of amides is 1. The predicted octanol–water partition coefficient (Wildman–Crippen LogP) is 4.09. The summed E-state index contributed by atoms with van der Waals surface area (Å²) in [5.41, 5.74) is 1.49. The highest BCUT2D eigenvalue weighted by Crippen LogP contribution is 2.49. The van der Waals surface area contributed by atoms with Crippen LogP contribution in [0.25, 0.3) is 0 Å². The number of methoxy groups -OCH3 is 1. The number of benzene rings is 2. The van der Waals surface area contributed by atoms with Crippen LogP contribution in [0.1, 0.15) is 53.2 Å². The minimum atomic E-state index is -0.762. The van der Waals surface area contributed by atoms with Gasteiger partial charge in [0, 0.05) is 13.0 Å². The zero-order valence-electron chi connectivity index (χ0n) is 17.1. The Morgan fingerprint density at radius 2 is 1.80 bits per heavy atom. The molecule has 0 radical (unpaired) electrons. The molecule has 1 heterocycles. The molecule has 158 valence electrons. The molecule has 0 bridgehead atoms. The van der Waals surface area contributed by atoms with Gasteiger partial charge in [-0.2, -0.15) is 0 Å². The van der Waals surface area contributed by atoms with Gasteiger partial charge in [-0.05, 0) is 48.4 Å². The van der Waals surface area contributed by atoms with Crippen LogP contribution >= 0.6 is 0 Å². The third-order valence-electron chi connectivity index (χ3n) is 6.20. The summed E-state index contributed by atoms with van der Waals surface area (Å²) in [6.45, 7) is 0.640. The van der Waals surface area contributed by atoms with Crippen LogP contribution in [-0.2, 0) is 16.1 Å². The largest absolute Gasteiger partial charge is 0.465 e. The Balaban J connectivity index is 1.53. The molecule has 6 heteroatoms. The molecule has 0 aromatic heterocycles. The Labute approximate surface area is 176 Å². The third kappa shape index (κ3) is 4.33. The number of hydrogen-bond donors (Lipinski definition) is 1. The number of rotatable bonds is 5. The fraction of sp³-hybridized carbons (Fsp3) is 0.417. The van der Waals surface area contributed by atoms with E-state index in [-0.39, 0.29) is 12.6 Å². The quantitative estimate of drug-likeness (QED) is 0.753. The van der Waals surface area contributed by atoms with Crippen molar-refractivity contribution in [2.75, 3.05) is 13.7 Å². The lowest BCUT2D eigenvalue weighted by Gasteiger charge is -2.44. The molecule has 1 aliphatic heterocycles. The number of likely N-dealkylation sites (tertiary alicyclic amines) is 1. The molecular weight excluding hydrogens is 382 g/mol. The van der Waals surface area contributed by atoms with E-state index in [2.05, 4.69) is 0 Å². The Hall–Kier alpha value is -2.86. The number of carbonyl (C=O) groups is 2. The topological polar surface area (TPSA) is 76.1 Å². The number of esters is 1. The van der Waals surface area contributed by atoms with Gasteiger partial charge in [0.2, 0.25) is 0 Å². The van der Waals surface area contributed by atoms with Crippen LogP contribution in [0, 0.1) is 5.92 Å². The minimum Gasteiger partial charge on any atom is -0.465 e. The molecule has 1 saturated carbocycles. The van der Waals surface area contributed by atoms with Gasteiger partial charge < -0.3 is 19.5 Å². The van der Waals surface area contributed by atoms with Gasteiger partial charge in [0.1, 0.15) is 6.61 Å². The highest BCUT2D eigenvalue weighted by atomic mass is 16.6. The molecule has 2 aliphatic rings. The van der Waals surface area contributed by atoms with Gasteiger partial charge in [0.25, 0.3) is 0 Å². The maximum absolute atomic E-state index is 12.9. The lowest BCUT2D eigenvalue weighted by Crippen LogP contribution is -2.49. The second-order valence-electron chi connectivity index (χ2n) is 8.19. The SMILES string of the molecule is COC(=O)c1ccc([C@@H]2C[C@@](O)(C3CC3)CCN2C(=O)OCc2ccccc2)cc1. The predicted molar refractivity (Wildman–Crippen MR) is 111 cm³/mol. The van der Waals surface area contributed by atoms with Crippen molar-refractivity contribution in [2.24, 2.45) is 5.92 Å². The van der Waals surface area contributed by atoms with E-state index < -0.39 is 17.7 Å². The van der Waals surface area contributed by atoms with Crippen molar-refractivity contribution in [1.82, 2.24) is 4.90 Å². The van der Waals surface area contributed by atoms with E-state index in [4.69, 9.17) is 9.47 Å². The zero-order chi connectivity index (χ0) is 21.1. The van der Waals surface area contributed by atoms with Crippen molar-refractivity contribution in [3.8, 4) is 0 Å². The summed E-state index contributed by atoms with van der Waals surface area (Å²) in [7, 11) is 1.34. The summed E-state index contributed by atoms with van der Waals surface area (Å²) in [5.74, 6) is -0.101. The van der Waals surface area contributed by atoms with Crippen molar-refractivity contribution in [1.29, 1.82) is 0 Å². The molecule has 4 rings (SSSR count). The number of nitrogens with zero attached hydrogens (tertiary/aromatic N) is 1. The van der Waals surface area contributed by atoms with Gasteiger partial charge in [-0.1, -0.05) is 42.5 Å². The first-order valence-electron chi connectivity index (χ1n) is 10.4. The summed E-state index contributed by atoms with van der Waals surface area (Å²) in [6.07, 6.45) is 2.69. The van der Waals surface area contributed by atoms with Gasteiger partial charge in [0.05, 0.1) is 24.3 Å². The molecule has 2 fully saturated rings. The minimum absolute atomic E-state index is 0.205. The maximum atomic E-state index is 12.9. The Morgan fingerprint density at radius 3 is 2.43 bits per heavy atom. The number of ether oxygens (including phenoxy) is 2. The van der Waals surface area contributed by atoms with Gasteiger partial charge in [-0.25, -0.2) is 9.59 Å². The molecule has 1 amide bonds. The van der Waals surface area contributed by atoms with E-state index in [1.807, 2.05) is 42.5 Å². The first-order valence-corrected chi connectivity index (χ1v) is 10.4. The van der Waals surface area contributed by atoms with Gasteiger partial charge in [-0.3, -0.25) is 0 Å². The lowest BCUT2D eigenvalue weighted by atomic mass is 9.80. The van der Waals surface area contributed by atoms with Crippen LogP contribution in [0.15, 0.2) is 54.6 Å². The summed E-state index contributed by atoms with van der Waals surface area (Å²) in [6, 6.07) is 16.3. The molecule has 6 nitrogen and oxygen atoms in total. The van der Waals surface area contributed by atoms with Crippen LogP contribution in [0.3, 0.4) is 0 Å². The Kier molecular flexibility index (Phi) is 5.77. The fourth-order valence-corrected chi connectivity index (χ4v) is 4.29. The van der Waals surface area contributed by atoms with Crippen LogP contribution in [-0.4, -0.2) is 41.3 Å². The summed E-state index contributed by atoms with van der Waals surface area (Å²) < 4.78 is 10.3. The molecule has 1 N–H and O–H groups in total. The third-order valence-corrected chi connectivity index (χ3v) is 6.20. The first-order chi connectivity index (χ1) is 14.5.